The van der Waals surface area contributed by atoms with Crippen molar-refractivity contribution < 1.29 is 4.79 Å². The molecule has 0 aliphatic heterocycles. The molecule has 0 spiro atoms. The molecule has 0 aliphatic rings. The number of hydrogen-bond donors (Lipinski definition) is 2. The van der Waals surface area contributed by atoms with Crippen LogP contribution in [0.25, 0.3) is 22.2 Å². The molecule has 0 atom stereocenters. The van der Waals surface area contributed by atoms with Crippen LogP contribution in [-0.4, -0.2) is 23.2 Å². The lowest BCUT2D eigenvalue weighted by atomic mass is 10.1. The zero-order valence-electron chi connectivity index (χ0n) is 14.8. The third-order valence-corrected chi connectivity index (χ3v) is 5.51. The molecule has 2 N–H and O–H groups in total. The van der Waals surface area contributed by atoms with Crippen molar-refractivity contribution in [2.75, 3.05) is 12.3 Å². The number of rotatable bonds is 6. The van der Waals surface area contributed by atoms with Crippen molar-refractivity contribution in [3.8, 4) is 11.3 Å². The lowest BCUT2D eigenvalue weighted by Crippen LogP contribution is -2.25. The number of fused-ring (bicyclic) bond motifs is 1. The fraction of sp³-hybridized carbons (Fsp3) is 0.0870. The van der Waals surface area contributed by atoms with E-state index in [9.17, 15) is 4.79 Å². The first kappa shape index (κ1) is 17.4. The molecule has 1 amide bonds. The summed E-state index contributed by atoms with van der Waals surface area (Å²) < 4.78 is 0. The third kappa shape index (κ3) is 3.91. The molecule has 4 heteroatoms. The SMILES string of the molecule is O=C(NCCSc1c(-c2ccccc2)[nH]c2ccccc12)c1ccccc1. The fourth-order valence-corrected chi connectivity index (χ4v) is 4.14. The topological polar surface area (TPSA) is 44.9 Å². The summed E-state index contributed by atoms with van der Waals surface area (Å²) in [5.41, 5.74) is 4.13. The number of nitrogens with one attached hydrogen (secondary N) is 2. The van der Waals surface area contributed by atoms with Gasteiger partial charge in [0.1, 0.15) is 0 Å². The second-order valence-corrected chi connectivity index (χ2v) is 7.32. The van der Waals surface area contributed by atoms with Crippen molar-refractivity contribution in [1.82, 2.24) is 10.3 Å². The van der Waals surface area contributed by atoms with E-state index in [-0.39, 0.29) is 5.91 Å². The number of aromatic amines is 1. The minimum absolute atomic E-state index is 0.0293. The number of hydrogen-bond acceptors (Lipinski definition) is 2. The molecule has 27 heavy (non-hydrogen) atoms. The summed E-state index contributed by atoms with van der Waals surface area (Å²) in [6.45, 7) is 0.617. The van der Waals surface area contributed by atoms with E-state index in [4.69, 9.17) is 0 Å². The highest BCUT2D eigenvalue weighted by atomic mass is 32.2. The molecule has 1 heterocycles. The number of carbonyl (C=O) groups is 1. The Morgan fingerprint density at radius 3 is 2.30 bits per heavy atom. The van der Waals surface area contributed by atoms with E-state index in [2.05, 4.69) is 52.8 Å². The van der Waals surface area contributed by atoms with Crippen LogP contribution >= 0.6 is 11.8 Å². The fourth-order valence-electron chi connectivity index (χ4n) is 3.08. The largest absolute Gasteiger partial charge is 0.354 e. The molecule has 134 valence electrons. The van der Waals surface area contributed by atoms with Crippen LogP contribution in [0.1, 0.15) is 10.4 Å². The summed E-state index contributed by atoms with van der Waals surface area (Å²) >= 11 is 1.77. The van der Waals surface area contributed by atoms with Crippen LogP contribution in [0.4, 0.5) is 0 Å². The van der Waals surface area contributed by atoms with Gasteiger partial charge < -0.3 is 10.3 Å². The molecular formula is C23H20N2OS. The highest BCUT2D eigenvalue weighted by Crippen LogP contribution is 2.37. The quantitative estimate of drug-likeness (QED) is 0.354. The van der Waals surface area contributed by atoms with Crippen LogP contribution in [0.3, 0.4) is 0 Å². The minimum atomic E-state index is -0.0293. The Kier molecular flexibility index (Phi) is 5.26. The molecule has 4 aromatic rings. The van der Waals surface area contributed by atoms with E-state index in [0.717, 1.165) is 17.0 Å². The first-order chi connectivity index (χ1) is 13.3. The second kappa shape index (κ2) is 8.14. The molecule has 4 rings (SSSR count). The highest BCUT2D eigenvalue weighted by molar-refractivity contribution is 7.99. The molecule has 0 unspecified atom stereocenters. The second-order valence-electron chi connectivity index (χ2n) is 6.21. The molecule has 3 nitrogen and oxygen atoms in total. The summed E-state index contributed by atoms with van der Waals surface area (Å²) in [7, 11) is 0. The number of benzene rings is 3. The highest BCUT2D eigenvalue weighted by Gasteiger charge is 2.13. The molecule has 0 bridgehead atoms. The zero-order chi connectivity index (χ0) is 18.5. The van der Waals surface area contributed by atoms with Crippen molar-refractivity contribution in [1.29, 1.82) is 0 Å². The van der Waals surface area contributed by atoms with Gasteiger partial charge >= 0.3 is 0 Å². The van der Waals surface area contributed by atoms with E-state index in [0.29, 0.717) is 12.1 Å². The van der Waals surface area contributed by atoms with Crippen molar-refractivity contribution in [3.63, 3.8) is 0 Å². The van der Waals surface area contributed by atoms with Crippen LogP contribution in [0, 0.1) is 0 Å². The van der Waals surface area contributed by atoms with Gasteiger partial charge in [0.05, 0.1) is 5.69 Å². The Balaban J connectivity index is 1.49. The van der Waals surface area contributed by atoms with Crippen molar-refractivity contribution >= 4 is 28.6 Å². The van der Waals surface area contributed by atoms with Gasteiger partial charge in [-0.1, -0.05) is 66.7 Å². The molecule has 0 fully saturated rings. The number of amides is 1. The number of aromatic nitrogens is 1. The Hall–Kier alpha value is -2.98. The number of thioether (sulfide) groups is 1. The number of carbonyl (C=O) groups excluding carboxylic acids is 1. The number of para-hydroxylation sites is 1. The van der Waals surface area contributed by atoms with Crippen molar-refractivity contribution in [2.24, 2.45) is 0 Å². The van der Waals surface area contributed by atoms with Gasteiger partial charge in [-0.3, -0.25) is 4.79 Å². The predicted octanol–water partition coefficient (Wildman–Crippen LogP) is 5.36. The van der Waals surface area contributed by atoms with E-state index in [1.54, 1.807) is 11.8 Å². The molecule has 3 aromatic carbocycles. The normalized spacial score (nSPS) is 10.8. The van der Waals surface area contributed by atoms with Gasteiger partial charge in [0.2, 0.25) is 0 Å². The van der Waals surface area contributed by atoms with Gasteiger partial charge in [-0.25, -0.2) is 0 Å². The summed E-state index contributed by atoms with van der Waals surface area (Å²) in [5, 5.41) is 4.22. The first-order valence-electron chi connectivity index (χ1n) is 8.95. The maximum Gasteiger partial charge on any atom is 0.251 e. The molecule has 0 radical (unpaired) electrons. The van der Waals surface area contributed by atoms with Crippen LogP contribution in [0.5, 0.6) is 0 Å². The lowest BCUT2D eigenvalue weighted by Gasteiger charge is -2.07. The maximum atomic E-state index is 12.2. The van der Waals surface area contributed by atoms with Gasteiger partial charge in [-0.15, -0.1) is 11.8 Å². The van der Waals surface area contributed by atoms with Crippen molar-refractivity contribution in [2.45, 2.75) is 4.90 Å². The molecular weight excluding hydrogens is 352 g/mol. The van der Waals surface area contributed by atoms with Crippen LogP contribution < -0.4 is 5.32 Å². The van der Waals surface area contributed by atoms with Gasteiger partial charge in [-0.2, -0.15) is 0 Å². The number of H-pyrrole nitrogens is 1. The predicted molar refractivity (Wildman–Crippen MR) is 113 cm³/mol. The summed E-state index contributed by atoms with van der Waals surface area (Å²) in [5.74, 6) is 0.777. The standard InChI is InChI=1S/C23H20N2OS/c26-23(18-11-5-2-6-12-18)24-15-16-27-22-19-13-7-8-14-20(19)25-21(22)17-9-3-1-4-10-17/h1-14,25H,15-16H2,(H,24,26). The Morgan fingerprint density at radius 1 is 0.852 bits per heavy atom. The Labute approximate surface area is 162 Å². The van der Waals surface area contributed by atoms with E-state index >= 15 is 0 Å². The van der Waals surface area contributed by atoms with Crippen LogP contribution in [0.15, 0.2) is 89.8 Å². The molecule has 0 aliphatic carbocycles. The molecule has 1 aromatic heterocycles. The van der Waals surface area contributed by atoms with E-state index in [1.165, 1.54) is 15.8 Å². The molecule has 0 saturated carbocycles. The average molecular weight is 372 g/mol. The summed E-state index contributed by atoms with van der Waals surface area (Å²) in [6.07, 6.45) is 0. The average Bonchev–Trinajstić information content (AvgIpc) is 3.11. The third-order valence-electron chi connectivity index (χ3n) is 4.39. The van der Waals surface area contributed by atoms with Gasteiger partial charge in [0, 0.05) is 33.7 Å². The summed E-state index contributed by atoms with van der Waals surface area (Å²) in [4.78, 5) is 17.0. The van der Waals surface area contributed by atoms with Gasteiger partial charge in [-0.05, 0) is 23.8 Å². The monoisotopic (exact) mass is 372 g/mol. The van der Waals surface area contributed by atoms with E-state index in [1.807, 2.05) is 42.5 Å². The lowest BCUT2D eigenvalue weighted by molar-refractivity contribution is 0.0956. The van der Waals surface area contributed by atoms with Gasteiger partial charge in [0.15, 0.2) is 0 Å². The maximum absolute atomic E-state index is 12.2. The summed E-state index contributed by atoms with van der Waals surface area (Å²) in [6, 6.07) is 28.0. The Morgan fingerprint density at radius 2 is 1.52 bits per heavy atom. The first-order valence-corrected chi connectivity index (χ1v) is 9.93. The van der Waals surface area contributed by atoms with Gasteiger partial charge in [0.25, 0.3) is 5.91 Å². The van der Waals surface area contributed by atoms with Crippen LogP contribution in [0.2, 0.25) is 0 Å². The Bertz CT molecular complexity index is 1040. The zero-order valence-corrected chi connectivity index (χ0v) is 15.6. The smallest absolute Gasteiger partial charge is 0.251 e. The molecule has 0 saturated heterocycles. The minimum Gasteiger partial charge on any atom is -0.354 e. The van der Waals surface area contributed by atoms with Crippen molar-refractivity contribution in [3.05, 3.63) is 90.5 Å². The van der Waals surface area contributed by atoms with Crippen LogP contribution in [-0.2, 0) is 0 Å². The van der Waals surface area contributed by atoms with E-state index < -0.39 is 0 Å².